The number of nitrogens with zero attached hydrogens (tertiary/aromatic N) is 3. The van der Waals surface area contributed by atoms with Gasteiger partial charge >= 0.3 is 0 Å². The summed E-state index contributed by atoms with van der Waals surface area (Å²) in [5.74, 6) is -0.533. The van der Waals surface area contributed by atoms with Crippen LogP contribution in [0.1, 0.15) is 54.4 Å². The summed E-state index contributed by atoms with van der Waals surface area (Å²) in [4.78, 5) is 54.1. The number of rotatable bonds is 4. The predicted octanol–water partition coefficient (Wildman–Crippen LogP) is 1.33. The van der Waals surface area contributed by atoms with Gasteiger partial charge in [0, 0.05) is 49.3 Å². The van der Waals surface area contributed by atoms with Crippen LogP contribution < -0.4 is 10.2 Å². The number of likely N-dealkylation sites (tertiary alicyclic amines) is 1. The average molecular weight is 439 g/mol. The molecule has 3 amide bonds. The fraction of sp³-hybridized carbons (Fsp3) is 0.583. The molecule has 0 aromatic heterocycles. The van der Waals surface area contributed by atoms with Crippen LogP contribution >= 0.6 is 0 Å². The lowest BCUT2D eigenvalue weighted by Gasteiger charge is -2.41. The van der Waals surface area contributed by atoms with Crippen molar-refractivity contribution in [3.63, 3.8) is 0 Å². The number of amides is 3. The number of fused-ring (bicyclic) bond motifs is 1. The fourth-order valence-corrected chi connectivity index (χ4v) is 5.67. The molecule has 0 radical (unpaired) electrons. The fourth-order valence-electron chi connectivity index (χ4n) is 5.67. The monoisotopic (exact) mass is 438 g/mol. The first-order valence-corrected chi connectivity index (χ1v) is 11.8. The summed E-state index contributed by atoms with van der Waals surface area (Å²) in [6.07, 6.45) is 5.92. The van der Waals surface area contributed by atoms with Crippen molar-refractivity contribution in [2.45, 2.75) is 57.2 Å². The first kappa shape index (κ1) is 21.1. The molecule has 3 saturated heterocycles. The van der Waals surface area contributed by atoms with Crippen molar-refractivity contribution in [3.05, 3.63) is 29.3 Å². The summed E-state index contributed by atoms with van der Waals surface area (Å²) in [5, 5.41) is 2.35. The number of imide groups is 1. The standard InChI is InChI=1S/C24H30N4O4/c29-15-16-5-9-26(10-6-16)18-7-11-27(12-8-18)19-1-2-20-17(13-19)14-28(24(20)32)21-3-4-22(30)25-23(21)31/h1-2,13,15-16,18,21H,3-12,14H2,(H,25,30,31). The number of piperidine rings is 3. The van der Waals surface area contributed by atoms with Gasteiger partial charge in [-0.2, -0.15) is 0 Å². The zero-order chi connectivity index (χ0) is 22.2. The van der Waals surface area contributed by atoms with E-state index in [1.165, 1.54) is 0 Å². The van der Waals surface area contributed by atoms with Crippen molar-refractivity contribution in [2.75, 3.05) is 31.1 Å². The van der Waals surface area contributed by atoms with Crippen LogP contribution in [-0.2, 0) is 20.9 Å². The molecule has 4 aliphatic heterocycles. The minimum absolute atomic E-state index is 0.126. The summed E-state index contributed by atoms with van der Waals surface area (Å²) in [6, 6.07) is 6.00. The summed E-state index contributed by atoms with van der Waals surface area (Å²) in [5.41, 5.74) is 2.74. The zero-order valence-electron chi connectivity index (χ0n) is 18.3. The van der Waals surface area contributed by atoms with E-state index in [1.54, 1.807) is 4.90 Å². The van der Waals surface area contributed by atoms with Crippen LogP contribution in [0.5, 0.6) is 0 Å². The van der Waals surface area contributed by atoms with E-state index in [9.17, 15) is 19.2 Å². The van der Waals surface area contributed by atoms with Gasteiger partial charge in [-0.05, 0) is 69.0 Å². The Bertz CT molecular complexity index is 932. The number of nitrogens with one attached hydrogen (secondary N) is 1. The smallest absolute Gasteiger partial charge is 0.255 e. The van der Waals surface area contributed by atoms with Crippen molar-refractivity contribution in [1.29, 1.82) is 0 Å². The van der Waals surface area contributed by atoms with Crippen LogP contribution in [0.15, 0.2) is 18.2 Å². The quantitative estimate of drug-likeness (QED) is 0.564. The summed E-state index contributed by atoms with van der Waals surface area (Å²) in [7, 11) is 0. The van der Waals surface area contributed by atoms with Crippen LogP contribution in [0.25, 0.3) is 0 Å². The Morgan fingerprint density at radius 1 is 0.938 bits per heavy atom. The lowest BCUT2D eigenvalue weighted by atomic mass is 9.94. The molecule has 1 aromatic carbocycles. The van der Waals surface area contributed by atoms with Crippen molar-refractivity contribution in [2.24, 2.45) is 5.92 Å². The second kappa shape index (κ2) is 8.65. The van der Waals surface area contributed by atoms with Gasteiger partial charge in [0.2, 0.25) is 11.8 Å². The Kier molecular flexibility index (Phi) is 5.71. The summed E-state index contributed by atoms with van der Waals surface area (Å²) < 4.78 is 0. The normalized spacial score (nSPS) is 25.8. The number of hydrogen-bond donors (Lipinski definition) is 1. The van der Waals surface area contributed by atoms with E-state index in [0.717, 1.165) is 69.4 Å². The van der Waals surface area contributed by atoms with Crippen molar-refractivity contribution >= 4 is 29.7 Å². The van der Waals surface area contributed by atoms with E-state index >= 15 is 0 Å². The van der Waals surface area contributed by atoms with E-state index in [1.807, 2.05) is 12.1 Å². The molecule has 0 aliphatic carbocycles. The minimum Gasteiger partial charge on any atom is -0.371 e. The Morgan fingerprint density at radius 2 is 1.69 bits per heavy atom. The molecule has 8 nitrogen and oxygen atoms in total. The number of anilines is 1. The minimum atomic E-state index is -0.574. The maximum Gasteiger partial charge on any atom is 0.255 e. The van der Waals surface area contributed by atoms with E-state index < -0.39 is 6.04 Å². The topological polar surface area (TPSA) is 90.0 Å². The molecule has 8 heteroatoms. The molecular weight excluding hydrogens is 408 g/mol. The predicted molar refractivity (Wildman–Crippen MR) is 118 cm³/mol. The molecule has 0 bridgehead atoms. The Hall–Kier alpha value is -2.74. The van der Waals surface area contributed by atoms with Crippen LogP contribution in [-0.4, -0.2) is 72.1 Å². The van der Waals surface area contributed by atoms with Crippen molar-refractivity contribution in [3.8, 4) is 0 Å². The number of carbonyl (C=O) groups excluding carboxylic acids is 4. The van der Waals surface area contributed by atoms with E-state index in [2.05, 4.69) is 21.2 Å². The van der Waals surface area contributed by atoms with Crippen LogP contribution in [0.2, 0.25) is 0 Å². The summed E-state index contributed by atoms with van der Waals surface area (Å²) in [6.45, 7) is 4.40. The molecule has 1 atom stereocenters. The van der Waals surface area contributed by atoms with Gasteiger partial charge in [0.05, 0.1) is 0 Å². The molecule has 0 spiro atoms. The van der Waals surface area contributed by atoms with Crippen molar-refractivity contribution < 1.29 is 19.2 Å². The van der Waals surface area contributed by atoms with E-state index in [0.29, 0.717) is 24.6 Å². The number of hydrogen-bond acceptors (Lipinski definition) is 6. The van der Waals surface area contributed by atoms with Gasteiger partial charge in [-0.3, -0.25) is 19.7 Å². The SMILES string of the molecule is O=CC1CCN(C2CCN(c3ccc4c(c3)CN(C3CCC(=O)NC3=O)C4=O)CC2)CC1. The molecule has 1 N–H and O–H groups in total. The maximum atomic E-state index is 12.9. The zero-order valence-corrected chi connectivity index (χ0v) is 18.3. The lowest BCUT2D eigenvalue weighted by molar-refractivity contribution is -0.136. The van der Waals surface area contributed by atoms with E-state index in [4.69, 9.17) is 0 Å². The highest BCUT2D eigenvalue weighted by molar-refractivity contribution is 6.05. The second-order valence-corrected chi connectivity index (χ2v) is 9.47. The molecule has 4 aliphatic rings. The van der Waals surface area contributed by atoms with Gasteiger partial charge < -0.3 is 19.5 Å². The first-order chi connectivity index (χ1) is 15.5. The number of aldehydes is 1. The second-order valence-electron chi connectivity index (χ2n) is 9.47. The molecule has 1 unspecified atom stereocenters. The highest BCUT2D eigenvalue weighted by Crippen LogP contribution is 2.32. The van der Waals surface area contributed by atoms with Gasteiger partial charge in [0.15, 0.2) is 0 Å². The van der Waals surface area contributed by atoms with Gasteiger partial charge in [-0.15, -0.1) is 0 Å². The Morgan fingerprint density at radius 3 is 2.38 bits per heavy atom. The highest BCUT2D eigenvalue weighted by atomic mass is 16.2. The van der Waals surface area contributed by atoms with Crippen molar-refractivity contribution in [1.82, 2.24) is 15.1 Å². The van der Waals surface area contributed by atoms with Gasteiger partial charge in [0.25, 0.3) is 5.91 Å². The van der Waals surface area contributed by atoms with Crippen LogP contribution in [0.3, 0.4) is 0 Å². The highest BCUT2D eigenvalue weighted by Gasteiger charge is 2.39. The molecular formula is C24H30N4O4. The third kappa shape index (κ3) is 3.92. The third-order valence-corrected chi connectivity index (χ3v) is 7.62. The molecule has 3 fully saturated rings. The van der Waals surface area contributed by atoms with Gasteiger partial charge in [-0.25, -0.2) is 0 Å². The lowest BCUT2D eigenvalue weighted by Crippen LogP contribution is -2.52. The average Bonchev–Trinajstić information content (AvgIpc) is 3.15. The van der Waals surface area contributed by atoms with E-state index in [-0.39, 0.29) is 30.1 Å². The molecule has 5 rings (SSSR count). The molecule has 1 aromatic rings. The molecule has 170 valence electrons. The van der Waals surface area contributed by atoms with Crippen LogP contribution in [0.4, 0.5) is 5.69 Å². The van der Waals surface area contributed by atoms with Crippen LogP contribution in [0, 0.1) is 5.92 Å². The summed E-state index contributed by atoms with van der Waals surface area (Å²) >= 11 is 0. The number of carbonyl (C=O) groups is 4. The third-order valence-electron chi connectivity index (χ3n) is 7.62. The van der Waals surface area contributed by atoms with Gasteiger partial charge in [-0.1, -0.05) is 0 Å². The largest absolute Gasteiger partial charge is 0.371 e. The maximum absolute atomic E-state index is 12.9. The molecule has 4 heterocycles. The Balaban J connectivity index is 1.21. The molecule has 0 saturated carbocycles. The first-order valence-electron chi connectivity index (χ1n) is 11.8. The molecule has 32 heavy (non-hydrogen) atoms. The number of benzene rings is 1. The Labute approximate surface area is 187 Å². The van der Waals surface area contributed by atoms with Gasteiger partial charge in [0.1, 0.15) is 12.3 Å².